The first-order valence-corrected chi connectivity index (χ1v) is 6.12. The zero-order chi connectivity index (χ0) is 13.4. The Morgan fingerprint density at radius 2 is 2.26 bits per heavy atom. The number of aromatic nitrogens is 2. The van der Waals surface area contributed by atoms with Crippen LogP contribution in [0.3, 0.4) is 0 Å². The lowest BCUT2D eigenvalue weighted by Gasteiger charge is -2.17. The SMILES string of the molecule is COC(=O)c1cnc(N2C[C@@H]3CC(=O)N[C@@H]3C2)cn1. The lowest BCUT2D eigenvalue weighted by Crippen LogP contribution is -2.32. The number of carbonyl (C=O) groups excluding carboxylic acids is 2. The lowest BCUT2D eigenvalue weighted by atomic mass is 10.1. The summed E-state index contributed by atoms with van der Waals surface area (Å²) in [6, 6.07) is 0.203. The van der Waals surface area contributed by atoms with E-state index in [1.165, 1.54) is 13.3 Å². The largest absolute Gasteiger partial charge is 0.464 e. The van der Waals surface area contributed by atoms with Crippen molar-refractivity contribution in [2.24, 2.45) is 5.92 Å². The minimum Gasteiger partial charge on any atom is -0.464 e. The molecule has 2 aliphatic rings. The molecule has 7 nitrogen and oxygen atoms in total. The van der Waals surface area contributed by atoms with Crippen molar-refractivity contribution in [3.8, 4) is 0 Å². The molecule has 3 heterocycles. The molecule has 2 aliphatic heterocycles. The van der Waals surface area contributed by atoms with Crippen LogP contribution in [0.1, 0.15) is 16.9 Å². The summed E-state index contributed by atoms with van der Waals surface area (Å²) >= 11 is 0. The summed E-state index contributed by atoms with van der Waals surface area (Å²) in [6.07, 6.45) is 3.55. The Balaban J connectivity index is 1.71. The van der Waals surface area contributed by atoms with E-state index in [4.69, 9.17) is 0 Å². The highest BCUT2D eigenvalue weighted by molar-refractivity contribution is 5.86. The molecule has 2 saturated heterocycles. The smallest absolute Gasteiger partial charge is 0.358 e. The van der Waals surface area contributed by atoms with E-state index in [0.717, 1.165) is 18.9 Å². The Kier molecular flexibility index (Phi) is 2.81. The van der Waals surface area contributed by atoms with E-state index in [1.54, 1.807) is 6.20 Å². The third-order valence-corrected chi connectivity index (χ3v) is 3.59. The molecule has 2 atom stereocenters. The van der Waals surface area contributed by atoms with Crippen LogP contribution in [0.5, 0.6) is 0 Å². The molecule has 1 N–H and O–H groups in total. The summed E-state index contributed by atoms with van der Waals surface area (Å²) in [6.45, 7) is 1.53. The predicted molar refractivity (Wildman–Crippen MR) is 65.6 cm³/mol. The summed E-state index contributed by atoms with van der Waals surface area (Å²) in [5, 5.41) is 2.95. The molecule has 7 heteroatoms. The Labute approximate surface area is 110 Å². The normalized spacial score (nSPS) is 25.1. The lowest BCUT2D eigenvalue weighted by molar-refractivity contribution is -0.119. The molecule has 0 spiro atoms. The first-order valence-electron chi connectivity index (χ1n) is 6.12. The molecule has 100 valence electrons. The van der Waals surface area contributed by atoms with Gasteiger partial charge >= 0.3 is 5.97 Å². The Morgan fingerprint density at radius 1 is 1.42 bits per heavy atom. The predicted octanol–water partition coefficient (Wildman–Crippen LogP) is -0.412. The van der Waals surface area contributed by atoms with Crippen LogP contribution in [0.4, 0.5) is 5.82 Å². The van der Waals surface area contributed by atoms with Crippen molar-refractivity contribution in [2.45, 2.75) is 12.5 Å². The van der Waals surface area contributed by atoms with Crippen molar-refractivity contribution in [1.82, 2.24) is 15.3 Å². The summed E-state index contributed by atoms with van der Waals surface area (Å²) in [4.78, 5) is 32.8. The standard InChI is InChI=1S/C12H14N4O3/c1-19-12(18)8-3-14-10(4-13-8)16-5-7-2-11(17)15-9(7)6-16/h3-4,7,9H,2,5-6H2,1H3,(H,15,17)/t7-,9+/m0/s1. The van der Waals surface area contributed by atoms with Gasteiger partial charge in [0.05, 0.1) is 25.5 Å². The van der Waals surface area contributed by atoms with Gasteiger partial charge in [-0.05, 0) is 0 Å². The summed E-state index contributed by atoms with van der Waals surface area (Å²) in [5.41, 5.74) is 0.193. The molecule has 0 aliphatic carbocycles. The average Bonchev–Trinajstić information content (AvgIpc) is 2.95. The molecule has 3 rings (SSSR count). The second-order valence-electron chi connectivity index (χ2n) is 4.79. The fourth-order valence-electron chi connectivity index (χ4n) is 2.63. The zero-order valence-corrected chi connectivity index (χ0v) is 10.5. The van der Waals surface area contributed by atoms with Crippen molar-refractivity contribution in [1.29, 1.82) is 0 Å². The highest BCUT2D eigenvalue weighted by atomic mass is 16.5. The number of rotatable bonds is 2. The van der Waals surface area contributed by atoms with Gasteiger partial charge in [-0.1, -0.05) is 0 Å². The molecule has 1 amide bonds. The monoisotopic (exact) mass is 262 g/mol. The maximum atomic E-state index is 11.3. The molecule has 0 saturated carbocycles. The van der Waals surface area contributed by atoms with E-state index in [2.05, 4.69) is 24.9 Å². The van der Waals surface area contributed by atoms with Crippen LogP contribution in [0.2, 0.25) is 0 Å². The quantitative estimate of drug-likeness (QED) is 0.729. The van der Waals surface area contributed by atoms with Gasteiger partial charge in [-0.15, -0.1) is 0 Å². The number of ether oxygens (including phenoxy) is 1. The van der Waals surface area contributed by atoms with Gasteiger partial charge in [0, 0.05) is 25.4 Å². The molecule has 1 aromatic heterocycles. The average molecular weight is 262 g/mol. The van der Waals surface area contributed by atoms with E-state index in [1.807, 2.05) is 0 Å². The van der Waals surface area contributed by atoms with Crippen molar-refractivity contribution in [3.63, 3.8) is 0 Å². The first kappa shape index (κ1) is 11.9. The van der Waals surface area contributed by atoms with Gasteiger partial charge in [-0.3, -0.25) is 4.79 Å². The Hall–Kier alpha value is -2.18. The summed E-state index contributed by atoms with van der Waals surface area (Å²) in [7, 11) is 1.31. The number of fused-ring (bicyclic) bond motifs is 1. The minimum atomic E-state index is -0.496. The third-order valence-electron chi connectivity index (χ3n) is 3.59. The van der Waals surface area contributed by atoms with Crippen LogP contribution in [-0.4, -0.2) is 48.1 Å². The molecular weight excluding hydrogens is 248 g/mol. The number of methoxy groups -OCH3 is 1. The van der Waals surface area contributed by atoms with Crippen LogP contribution in [0, 0.1) is 5.92 Å². The van der Waals surface area contributed by atoms with Gasteiger partial charge < -0.3 is 15.0 Å². The Bertz CT molecular complexity index is 500. The van der Waals surface area contributed by atoms with E-state index in [0.29, 0.717) is 12.3 Å². The number of amides is 1. The number of hydrogen-bond donors (Lipinski definition) is 1. The Morgan fingerprint density at radius 3 is 2.89 bits per heavy atom. The van der Waals surface area contributed by atoms with Crippen molar-refractivity contribution < 1.29 is 14.3 Å². The van der Waals surface area contributed by atoms with Gasteiger partial charge in [0.2, 0.25) is 5.91 Å². The van der Waals surface area contributed by atoms with Gasteiger partial charge in [-0.25, -0.2) is 14.8 Å². The molecule has 19 heavy (non-hydrogen) atoms. The summed E-state index contributed by atoms with van der Waals surface area (Å²) < 4.78 is 4.57. The van der Waals surface area contributed by atoms with Crippen LogP contribution in [0.15, 0.2) is 12.4 Å². The number of carbonyl (C=O) groups is 2. The van der Waals surface area contributed by atoms with Gasteiger partial charge in [0.25, 0.3) is 0 Å². The van der Waals surface area contributed by atoms with E-state index >= 15 is 0 Å². The fourth-order valence-corrected chi connectivity index (χ4v) is 2.63. The van der Waals surface area contributed by atoms with Crippen LogP contribution in [0.25, 0.3) is 0 Å². The van der Waals surface area contributed by atoms with Crippen LogP contribution < -0.4 is 10.2 Å². The van der Waals surface area contributed by atoms with Crippen LogP contribution in [-0.2, 0) is 9.53 Å². The maximum absolute atomic E-state index is 11.3. The highest BCUT2D eigenvalue weighted by Gasteiger charge is 2.40. The molecule has 1 aromatic rings. The second kappa shape index (κ2) is 4.49. The third kappa shape index (κ3) is 2.11. The minimum absolute atomic E-state index is 0.127. The fraction of sp³-hybridized carbons (Fsp3) is 0.500. The number of anilines is 1. The molecule has 2 fully saturated rings. The highest BCUT2D eigenvalue weighted by Crippen LogP contribution is 2.28. The summed E-state index contributed by atoms with van der Waals surface area (Å²) in [5.74, 6) is 0.692. The van der Waals surface area contributed by atoms with E-state index < -0.39 is 5.97 Å². The van der Waals surface area contributed by atoms with Gasteiger partial charge in [0.1, 0.15) is 5.82 Å². The number of nitrogens with one attached hydrogen (secondary N) is 1. The van der Waals surface area contributed by atoms with Crippen molar-refractivity contribution >= 4 is 17.7 Å². The van der Waals surface area contributed by atoms with Crippen molar-refractivity contribution in [3.05, 3.63) is 18.1 Å². The molecule has 0 unspecified atom stereocenters. The van der Waals surface area contributed by atoms with Gasteiger partial charge in [0.15, 0.2) is 5.69 Å². The van der Waals surface area contributed by atoms with Crippen molar-refractivity contribution in [2.75, 3.05) is 25.1 Å². The second-order valence-corrected chi connectivity index (χ2v) is 4.79. The number of esters is 1. The molecule has 0 aromatic carbocycles. The molecule has 0 bridgehead atoms. The van der Waals surface area contributed by atoms with Crippen LogP contribution >= 0.6 is 0 Å². The molecular formula is C12H14N4O3. The first-order chi connectivity index (χ1) is 9.17. The molecule has 0 radical (unpaired) electrons. The topological polar surface area (TPSA) is 84.4 Å². The number of nitrogens with zero attached hydrogens (tertiary/aromatic N) is 3. The van der Waals surface area contributed by atoms with Gasteiger partial charge in [-0.2, -0.15) is 0 Å². The zero-order valence-electron chi connectivity index (χ0n) is 10.5. The number of hydrogen-bond acceptors (Lipinski definition) is 6. The van der Waals surface area contributed by atoms with E-state index in [-0.39, 0.29) is 17.6 Å². The maximum Gasteiger partial charge on any atom is 0.358 e. The van der Waals surface area contributed by atoms with E-state index in [9.17, 15) is 9.59 Å².